The Kier molecular flexibility index (Phi) is 3.94. The molecule has 0 saturated heterocycles. The first-order chi connectivity index (χ1) is 8.50. The number of hydrogen-bond donors (Lipinski definition) is 2. The number of carbonyl (C=O) groups excluding carboxylic acids is 1. The molecule has 4 nitrogen and oxygen atoms in total. The predicted octanol–water partition coefficient (Wildman–Crippen LogP) is -2.54. The van der Waals surface area contributed by atoms with E-state index in [1.807, 2.05) is 0 Å². The second kappa shape index (κ2) is 5.06. The van der Waals surface area contributed by atoms with E-state index in [4.69, 9.17) is 0 Å². The molecule has 0 aromatic heterocycles. The first-order valence-electron chi connectivity index (χ1n) is 5.33. The van der Waals surface area contributed by atoms with Crippen molar-refractivity contribution >= 4 is 24.3 Å². The molecule has 0 atom stereocenters. The largest absolute Gasteiger partial charge is 1.00 e. The average Bonchev–Trinajstić information content (AvgIpc) is 2.63. The number of hydrogen-bond acceptors (Lipinski definition) is 2. The summed E-state index contributed by atoms with van der Waals surface area (Å²) in [6, 6.07) is 11.4. The Balaban J connectivity index is 0.00000133. The Morgan fingerprint density at radius 2 is 1.42 bits per heavy atom. The quantitative estimate of drug-likeness (QED) is 0.483. The maximum absolute atomic E-state index is 12.1. The molecular formula is C13H9AsNaO4+. The summed E-state index contributed by atoms with van der Waals surface area (Å²) in [5.74, 6) is -0.175. The van der Waals surface area contributed by atoms with Crippen LogP contribution < -0.4 is 33.9 Å². The van der Waals surface area contributed by atoms with Gasteiger partial charge in [-0.1, -0.05) is 0 Å². The van der Waals surface area contributed by atoms with Crippen LogP contribution in [-0.2, 0) is 3.74 Å². The number of rotatable bonds is 1. The predicted molar refractivity (Wildman–Crippen MR) is 65.8 cm³/mol. The van der Waals surface area contributed by atoms with Crippen LogP contribution in [0.4, 0.5) is 0 Å². The van der Waals surface area contributed by atoms with Gasteiger partial charge in [-0.25, -0.2) is 0 Å². The normalized spacial score (nSPS) is 12.6. The summed E-state index contributed by atoms with van der Waals surface area (Å²) in [5.41, 5.74) is 1.88. The summed E-state index contributed by atoms with van der Waals surface area (Å²) in [7, 11) is 0. The van der Waals surface area contributed by atoms with Gasteiger partial charge in [0.1, 0.15) is 0 Å². The van der Waals surface area contributed by atoms with Gasteiger partial charge < -0.3 is 0 Å². The molecule has 90 valence electrons. The molecular weight excluding hydrogens is 318 g/mol. The van der Waals surface area contributed by atoms with Gasteiger partial charge in [-0.3, -0.25) is 0 Å². The van der Waals surface area contributed by atoms with Crippen LogP contribution in [0.1, 0.15) is 15.9 Å². The minimum absolute atomic E-state index is 0. The zero-order valence-corrected chi connectivity index (χ0v) is 14.1. The van der Waals surface area contributed by atoms with Crippen LogP contribution in [0, 0.1) is 0 Å². The van der Waals surface area contributed by atoms with Crippen molar-refractivity contribution in [3.8, 4) is 11.1 Å². The monoisotopic (exact) mass is 327 g/mol. The summed E-state index contributed by atoms with van der Waals surface area (Å²) in [6.45, 7) is 0. The van der Waals surface area contributed by atoms with E-state index in [0.717, 1.165) is 0 Å². The summed E-state index contributed by atoms with van der Waals surface area (Å²) in [5, 5.41) is 0. The fourth-order valence-corrected chi connectivity index (χ4v) is 4.00. The van der Waals surface area contributed by atoms with Crippen molar-refractivity contribution in [2.75, 3.05) is 0 Å². The van der Waals surface area contributed by atoms with Crippen molar-refractivity contribution in [2.24, 2.45) is 0 Å². The van der Waals surface area contributed by atoms with Crippen LogP contribution in [-0.4, -0.2) is 28.1 Å². The Morgan fingerprint density at radius 1 is 0.842 bits per heavy atom. The van der Waals surface area contributed by atoms with Crippen LogP contribution >= 0.6 is 0 Å². The summed E-state index contributed by atoms with van der Waals surface area (Å²) in [6.07, 6.45) is 0. The molecule has 1 aliphatic carbocycles. The second-order valence-corrected chi connectivity index (χ2v) is 7.41. The fourth-order valence-electron chi connectivity index (χ4n) is 2.30. The minimum atomic E-state index is -5.04. The van der Waals surface area contributed by atoms with Crippen LogP contribution in [0.2, 0.25) is 0 Å². The summed E-state index contributed by atoms with van der Waals surface area (Å²) < 4.78 is 30.4. The Hall–Kier alpha value is -0.612. The molecule has 0 bridgehead atoms. The van der Waals surface area contributed by atoms with Crippen molar-refractivity contribution in [3.63, 3.8) is 0 Å². The SMILES string of the molecule is O=C1c2ccccc2-c2c1cccc2[As](=O)(O)O.[Na+]. The topological polar surface area (TPSA) is 74.6 Å². The standard InChI is InChI=1S/C13H9AsO4.Na/c15-13-9-5-2-1-4-8(9)12-10(13)6-3-7-11(12)14(16,17)18;/h1-7H,(H2,16,17,18);/q;+1. The van der Waals surface area contributed by atoms with Gasteiger partial charge in [-0.05, 0) is 0 Å². The van der Waals surface area contributed by atoms with E-state index >= 15 is 0 Å². The van der Waals surface area contributed by atoms with Gasteiger partial charge in [0.25, 0.3) is 0 Å². The van der Waals surface area contributed by atoms with Crippen molar-refractivity contribution in [3.05, 3.63) is 53.6 Å². The van der Waals surface area contributed by atoms with Gasteiger partial charge in [-0.15, -0.1) is 0 Å². The molecule has 2 N–H and O–H groups in total. The Bertz CT molecular complexity index is 720. The summed E-state index contributed by atoms with van der Waals surface area (Å²) in [4.78, 5) is 12.1. The van der Waals surface area contributed by atoms with Gasteiger partial charge in [0.15, 0.2) is 0 Å². The number of fused-ring (bicyclic) bond motifs is 3. The fraction of sp³-hybridized carbons (Fsp3) is 0. The molecule has 6 heteroatoms. The van der Waals surface area contributed by atoms with Crippen molar-refractivity contribution in [2.45, 2.75) is 0 Å². The number of benzene rings is 2. The van der Waals surface area contributed by atoms with Crippen LogP contribution in [0.15, 0.2) is 42.5 Å². The van der Waals surface area contributed by atoms with E-state index in [9.17, 15) is 16.7 Å². The average molecular weight is 327 g/mol. The van der Waals surface area contributed by atoms with Gasteiger partial charge in [-0.2, -0.15) is 0 Å². The van der Waals surface area contributed by atoms with Gasteiger partial charge in [0.2, 0.25) is 0 Å². The van der Waals surface area contributed by atoms with Gasteiger partial charge in [0.05, 0.1) is 0 Å². The number of ketones is 1. The molecule has 0 spiro atoms. The van der Waals surface area contributed by atoms with Crippen molar-refractivity contribution in [1.82, 2.24) is 0 Å². The van der Waals surface area contributed by atoms with Gasteiger partial charge >= 0.3 is 135 Å². The third kappa shape index (κ3) is 2.29. The smallest absolute Gasteiger partial charge is 1.00 e. The van der Waals surface area contributed by atoms with Gasteiger partial charge in [0, 0.05) is 0 Å². The van der Waals surface area contributed by atoms with Crippen LogP contribution in [0.5, 0.6) is 0 Å². The Morgan fingerprint density at radius 3 is 2.05 bits per heavy atom. The van der Waals surface area contributed by atoms with E-state index in [2.05, 4.69) is 0 Å². The first-order valence-corrected chi connectivity index (χ1v) is 8.71. The van der Waals surface area contributed by atoms with Crippen LogP contribution in [0.25, 0.3) is 11.1 Å². The molecule has 0 fully saturated rings. The molecule has 3 rings (SSSR count). The van der Waals surface area contributed by atoms with Crippen molar-refractivity contribution in [1.29, 1.82) is 0 Å². The van der Waals surface area contributed by atoms with E-state index in [-0.39, 0.29) is 39.7 Å². The Labute approximate surface area is 134 Å². The molecule has 0 heterocycles. The van der Waals surface area contributed by atoms with Crippen LogP contribution in [0.3, 0.4) is 0 Å². The maximum Gasteiger partial charge on any atom is 1.00 e. The van der Waals surface area contributed by atoms with Crippen molar-refractivity contribution < 1.29 is 46.3 Å². The molecule has 1 aliphatic rings. The van der Waals surface area contributed by atoms with E-state index in [1.165, 1.54) is 12.1 Å². The molecule has 2 aromatic rings. The zero-order valence-electron chi connectivity index (χ0n) is 10.2. The van der Waals surface area contributed by atoms with E-state index < -0.39 is 14.2 Å². The third-order valence-electron chi connectivity index (χ3n) is 3.04. The first kappa shape index (κ1) is 14.8. The molecule has 0 radical (unpaired) electrons. The van der Waals surface area contributed by atoms with E-state index in [0.29, 0.717) is 22.3 Å². The van der Waals surface area contributed by atoms with E-state index in [1.54, 1.807) is 30.3 Å². The molecule has 0 saturated carbocycles. The minimum Gasteiger partial charge on any atom is 1.00 e. The maximum atomic E-state index is 12.1. The molecule has 19 heavy (non-hydrogen) atoms. The molecule has 0 amide bonds. The molecule has 0 aliphatic heterocycles. The molecule has 2 aromatic carbocycles. The zero-order chi connectivity index (χ0) is 12.9. The summed E-state index contributed by atoms with van der Waals surface area (Å²) >= 11 is -5.04. The molecule has 0 unspecified atom stereocenters. The number of carbonyl (C=O) groups is 1. The second-order valence-electron chi connectivity index (χ2n) is 4.12. The third-order valence-corrected chi connectivity index (χ3v) is 5.14.